The Bertz CT molecular complexity index is 694. The van der Waals surface area contributed by atoms with Gasteiger partial charge in [-0.25, -0.2) is 0 Å². The Morgan fingerprint density at radius 3 is 2.57 bits per heavy atom. The number of hydrogen-bond acceptors (Lipinski definition) is 6. The van der Waals surface area contributed by atoms with E-state index < -0.39 is 12.2 Å². The van der Waals surface area contributed by atoms with Crippen molar-refractivity contribution in [2.24, 2.45) is 10.9 Å². The zero-order valence-corrected chi connectivity index (χ0v) is 11.2. The van der Waals surface area contributed by atoms with Crippen molar-refractivity contribution in [2.75, 3.05) is 18.0 Å². The minimum atomic E-state index is -0.822. The molecule has 1 aromatic heterocycles. The molecule has 5 N–H and O–H groups in total. The van der Waals surface area contributed by atoms with E-state index in [2.05, 4.69) is 10.1 Å². The highest BCUT2D eigenvalue weighted by molar-refractivity contribution is 6.08. The van der Waals surface area contributed by atoms with Gasteiger partial charge < -0.3 is 26.1 Å². The molecular formula is C14H16N4O3. The van der Waals surface area contributed by atoms with Gasteiger partial charge in [-0.05, 0) is 6.07 Å². The van der Waals surface area contributed by atoms with Crippen molar-refractivity contribution in [3.63, 3.8) is 0 Å². The standard InChI is InChI=1S/C14H16N4O3/c15-14(17-21)9-5-16-10-4-2-1-3-8(10)13(9)18-6-11(19)12(20)7-18/h1-5,11-12,19-21H,6-7H2,(H2,15,17). The van der Waals surface area contributed by atoms with E-state index in [1.165, 1.54) is 6.20 Å². The van der Waals surface area contributed by atoms with Crippen LogP contribution in [0, 0.1) is 0 Å². The number of fused-ring (bicyclic) bond motifs is 1. The quantitative estimate of drug-likeness (QED) is 0.265. The number of nitrogens with two attached hydrogens (primary N) is 1. The molecule has 2 unspecified atom stereocenters. The van der Waals surface area contributed by atoms with Gasteiger partial charge in [-0.15, -0.1) is 0 Å². The van der Waals surface area contributed by atoms with Gasteiger partial charge in [0.15, 0.2) is 5.84 Å². The zero-order valence-electron chi connectivity index (χ0n) is 11.2. The molecule has 1 saturated heterocycles. The number of nitrogens with zero attached hydrogens (tertiary/aromatic N) is 3. The van der Waals surface area contributed by atoms with Crippen LogP contribution in [0.3, 0.4) is 0 Å². The van der Waals surface area contributed by atoms with Gasteiger partial charge in [0, 0.05) is 24.7 Å². The first kappa shape index (κ1) is 13.6. The lowest BCUT2D eigenvalue weighted by molar-refractivity contribution is 0.0572. The van der Waals surface area contributed by atoms with Crippen molar-refractivity contribution < 1.29 is 15.4 Å². The van der Waals surface area contributed by atoms with Crippen molar-refractivity contribution in [3.8, 4) is 0 Å². The summed E-state index contributed by atoms with van der Waals surface area (Å²) >= 11 is 0. The Morgan fingerprint density at radius 1 is 1.24 bits per heavy atom. The Labute approximate surface area is 120 Å². The van der Waals surface area contributed by atoms with E-state index in [1.54, 1.807) is 0 Å². The number of rotatable bonds is 2. The maximum absolute atomic E-state index is 9.77. The van der Waals surface area contributed by atoms with E-state index in [0.29, 0.717) is 11.3 Å². The molecule has 0 spiro atoms. The molecule has 1 fully saturated rings. The number of aliphatic hydroxyl groups is 2. The van der Waals surface area contributed by atoms with Crippen molar-refractivity contribution in [1.82, 2.24) is 4.98 Å². The molecule has 110 valence electrons. The van der Waals surface area contributed by atoms with Crippen LogP contribution in [0.2, 0.25) is 0 Å². The van der Waals surface area contributed by atoms with Gasteiger partial charge in [0.1, 0.15) is 0 Å². The molecule has 0 radical (unpaired) electrons. The molecule has 0 aliphatic carbocycles. The van der Waals surface area contributed by atoms with Crippen LogP contribution >= 0.6 is 0 Å². The average Bonchev–Trinajstić information content (AvgIpc) is 2.84. The Kier molecular flexibility index (Phi) is 3.36. The van der Waals surface area contributed by atoms with Crippen molar-refractivity contribution in [1.29, 1.82) is 0 Å². The third-order valence-electron chi connectivity index (χ3n) is 3.71. The molecule has 1 aliphatic heterocycles. The first-order valence-electron chi connectivity index (χ1n) is 6.58. The summed E-state index contributed by atoms with van der Waals surface area (Å²) in [7, 11) is 0. The highest BCUT2D eigenvalue weighted by Gasteiger charge is 2.32. The van der Waals surface area contributed by atoms with Crippen molar-refractivity contribution >= 4 is 22.4 Å². The summed E-state index contributed by atoms with van der Waals surface area (Å²) in [6.45, 7) is 0.557. The zero-order chi connectivity index (χ0) is 15.0. The smallest absolute Gasteiger partial charge is 0.173 e. The summed E-state index contributed by atoms with van der Waals surface area (Å²) in [5.41, 5.74) is 7.66. The molecule has 2 heterocycles. The normalized spacial score (nSPS) is 23.0. The summed E-state index contributed by atoms with van der Waals surface area (Å²) in [5.74, 6) is -0.0564. The molecule has 3 rings (SSSR count). The number of oxime groups is 1. The largest absolute Gasteiger partial charge is 0.409 e. The van der Waals surface area contributed by atoms with Crippen LogP contribution in [0.15, 0.2) is 35.6 Å². The topological polar surface area (TPSA) is 115 Å². The lowest BCUT2D eigenvalue weighted by Crippen LogP contribution is -2.26. The molecule has 7 nitrogen and oxygen atoms in total. The molecule has 7 heteroatoms. The second kappa shape index (κ2) is 5.19. The van der Waals surface area contributed by atoms with Gasteiger partial charge in [-0.1, -0.05) is 23.4 Å². The number of β-amino-alcohol motifs (C(OH)–C–C–N with tert-alkyl or cyclic N) is 2. The number of aliphatic hydroxyl groups excluding tert-OH is 2. The van der Waals surface area contributed by atoms with E-state index in [0.717, 1.165) is 10.9 Å². The first-order valence-corrected chi connectivity index (χ1v) is 6.58. The molecule has 0 saturated carbocycles. The number of amidine groups is 1. The summed E-state index contributed by atoms with van der Waals surface area (Å²) in [5, 5.41) is 32.4. The lowest BCUT2D eigenvalue weighted by Gasteiger charge is -2.22. The van der Waals surface area contributed by atoms with E-state index in [4.69, 9.17) is 10.9 Å². The van der Waals surface area contributed by atoms with Crippen LogP contribution in [-0.4, -0.2) is 51.5 Å². The number of anilines is 1. The highest BCUT2D eigenvalue weighted by Crippen LogP contribution is 2.32. The number of hydrogen-bond donors (Lipinski definition) is 4. The van der Waals surface area contributed by atoms with Gasteiger partial charge in [0.05, 0.1) is 29.0 Å². The summed E-state index contributed by atoms with van der Waals surface area (Å²) < 4.78 is 0. The van der Waals surface area contributed by atoms with Gasteiger partial charge in [0.2, 0.25) is 0 Å². The van der Waals surface area contributed by atoms with E-state index in [1.807, 2.05) is 29.2 Å². The molecular weight excluding hydrogens is 272 g/mol. The molecule has 1 aromatic carbocycles. The van der Waals surface area contributed by atoms with Gasteiger partial charge in [-0.3, -0.25) is 4.98 Å². The number of pyridine rings is 1. The fourth-order valence-electron chi connectivity index (χ4n) is 2.66. The highest BCUT2D eigenvalue weighted by atomic mass is 16.4. The van der Waals surface area contributed by atoms with E-state index in [9.17, 15) is 10.2 Å². The molecule has 21 heavy (non-hydrogen) atoms. The predicted molar refractivity (Wildman–Crippen MR) is 78.5 cm³/mol. The third kappa shape index (κ3) is 2.26. The minimum Gasteiger partial charge on any atom is -0.409 e. The fourth-order valence-corrected chi connectivity index (χ4v) is 2.66. The second-order valence-corrected chi connectivity index (χ2v) is 5.06. The molecule has 0 bridgehead atoms. The maximum atomic E-state index is 9.77. The minimum absolute atomic E-state index is 0.0564. The van der Waals surface area contributed by atoms with Crippen LogP contribution in [-0.2, 0) is 0 Å². The Morgan fingerprint density at radius 2 is 1.90 bits per heavy atom. The molecule has 2 atom stereocenters. The maximum Gasteiger partial charge on any atom is 0.173 e. The van der Waals surface area contributed by atoms with Crippen molar-refractivity contribution in [3.05, 3.63) is 36.0 Å². The second-order valence-electron chi connectivity index (χ2n) is 5.06. The van der Waals surface area contributed by atoms with Gasteiger partial charge in [-0.2, -0.15) is 0 Å². The Balaban J connectivity index is 2.21. The summed E-state index contributed by atoms with van der Waals surface area (Å²) in [6.07, 6.45) is -0.113. The molecule has 1 aliphatic rings. The number of para-hydroxylation sites is 1. The average molecular weight is 288 g/mol. The summed E-state index contributed by atoms with van der Waals surface area (Å²) in [6, 6.07) is 7.48. The number of benzene rings is 1. The molecule has 2 aromatic rings. The van der Waals surface area contributed by atoms with Crippen LogP contribution < -0.4 is 10.6 Å². The summed E-state index contributed by atoms with van der Waals surface area (Å²) in [4.78, 5) is 6.12. The third-order valence-corrected chi connectivity index (χ3v) is 3.71. The van der Waals surface area contributed by atoms with Gasteiger partial charge >= 0.3 is 0 Å². The van der Waals surface area contributed by atoms with Crippen LogP contribution in [0.5, 0.6) is 0 Å². The SMILES string of the molecule is N/C(=N/O)c1cnc2ccccc2c1N1CC(O)C(O)C1. The number of aromatic nitrogens is 1. The first-order chi connectivity index (χ1) is 10.1. The monoisotopic (exact) mass is 288 g/mol. The fraction of sp³-hybridized carbons (Fsp3) is 0.286. The van der Waals surface area contributed by atoms with Gasteiger partial charge in [0.25, 0.3) is 0 Å². The Hall–Kier alpha value is -2.38. The van der Waals surface area contributed by atoms with Crippen LogP contribution in [0.25, 0.3) is 10.9 Å². The van der Waals surface area contributed by atoms with E-state index in [-0.39, 0.29) is 18.9 Å². The lowest BCUT2D eigenvalue weighted by atomic mass is 10.1. The van der Waals surface area contributed by atoms with E-state index >= 15 is 0 Å². The predicted octanol–water partition coefficient (Wildman–Crippen LogP) is -0.129. The van der Waals surface area contributed by atoms with Crippen molar-refractivity contribution in [2.45, 2.75) is 12.2 Å². The van der Waals surface area contributed by atoms with Crippen LogP contribution in [0.1, 0.15) is 5.56 Å². The van der Waals surface area contributed by atoms with Crippen LogP contribution in [0.4, 0.5) is 5.69 Å². The molecule has 0 amide bonds.